The van der Waals surface area contributed by atoms with Crippen molar-refractivity contribution < 1.29 is 4.74 Å². The van der Waals surface area contributed by atoms with E-state index in [4.69, 9.17) is 4.74 Å². The summed E-state index contributed by atoms with van der Waals surface area (Å²) in [5.74, 6) is 1.60. The molecule has 94 valence electrons. The van der Waals surface area contributed by atoms with Crippen LogP contribution < -0.4 is 4.74 Å². The second-order valence-electron chi connectivity index (χ2n) is 5.20. The molecular formula is C15H18N2O. The molecule has 0 amide bonds. The normalized spacial score (nSPS) is 11.3. The summed E-state index contributed by atoms with van der Waals surface area (Å²) in [6.45, 7) is 6.92. The van der Waals surface area contributed by atoms with Gasteiger partial charge in [0.1, 0.15) is 12.4 Å². The summed E-state index contributed by atoms with van der Waals surface area (Å²) in [4.78, 5) is 8.30. The van der Waals surface area contributed by atoms with Crippen molar-refractivity contribution in [1.82, 2.24) is 9.97 Å². The topological polar surface area (TPSA) is 35.0 Å². The van der Waals surface area contributed by atoms with Gasteiger partial charge in [0.25, 0.3) is 0 Å². The van der Waals surface area contributed by atoms with Crippen LogP contribution in [0.25, 0.3) is 0 Å². The average Bonchev–Trinajstić information content (AvgIpc) is 2.37. The summed E-state index contributed by atoms with van der Waals surface area (Å²) < 4.78 is 5.82. The summed E-state index contributed by atoms with van der Waals surface area (Å²) in [5, 5.41) is 0. The van der Waals surface area contributed by atoms with E-state index in [0.29, 0.717) is 12.4 Å². The number of nitrogens with zero attached hydrogens (tertiary/aromatic N) is 2. The van der Waals surface area contributed by atoms with E-state index in [1.807, 2.05) is 18.2 Å². The molecule has 1 heterocycles. The molecule has 0 saturated carbocycles. The zero-order chi connectivity index (χ0) is 13.0. The minimum absolute atomic E-state index is 0.0636. The molecule has 0 fully saturated rings. The van der Waals surface area contributed by atoms with Crippen LogP contribution in [-0.2, 0) is 12.0 Å². The predicted molar refractivity (Wildman–Crippen MR) is 71.5 cm³/mol. The van der Waals surface area contributed by atoms with Crippen LogP contribution in [0.3, 0.4) is 0 Å². The van der Waals surface area contributed by atoms with Crippen molar-refractivity contribution in [1.29, 1.82) is 0 Å². The van der Waals surface area contributed by atoms with Gasteiger partial charge in [-0.15, -0.1) is 0 Å². The molecule has 18 heavy (non-hydrogen) atoms. The molecule has 2 rings (SSSR count). The maximum Gasteiger partial charge on any atom is 0.166 e. The van der Waals surface area contributed by atoms with Gasteiger partial charge in [-0.05, 0) is 23.1 Å². The van der Waals surface area contributed by atoms with E-state index in [2.05, 4.69) is 36.8 Å². The summed E-state index contributed by atoms with van der Waals surface area (Å²) in [5.41, 5.74) is 1.26. The van der Waals surface area contributed by atoms with Gasteiger partial charge in [-0.25, -0.2) is 9.97 Å². The van der Waals surface area contributed by atoms with Crippen molar-refractivity contribution in [2.45, 2.75) is 32.8 Å². The van der Waals surface area contributed by atoms with E-state index in [0.717, 1.165) is 5.75 Å². The number of ether oxygens (including phenoxy) is 1. The standard InChI is InChI=1S/C15H18N2O/c1-15(2,3)12-7-4-5-8-13(12)18-11-14-16-9-6-10-17-14/h4-10H,11H2,1-3H3. The van der Waals surface area contributed by atoms with Gasteiger partial charge >= 0.3 is 0 Å². The quantitative estimate of drug-likeness (QED) is 0.827. The number of hydrogen-bond donors (Lipinski definition) is 0. The van der Waals surface area contributed by atoms with Gasteiger partial charge in [0.15, 0.2) is 5.82 Å². The minimum Gasteiger partial charge on any atom is -0.485 e. The number of aromatic nitrogens is 2. The number of rotatable bonds is 3. The Kier molecular flexibility index (Phi) is 3.60. The molecule has 0 saturated heterocycles. The molecule has 1 aromatic carbocycles. The number of benzene rings is 1. The van der Waals surface area contributed by atoms with E-state index in [1.165, 1.54) is 5.56 Å². The van der Waals surface area contributed by atoms with Crippen molar-refractivity contribution in [2.24, 2.45) is 0 Å². The van der Waals surface area contributed by atoms with E-state index in [-0.39, 0.29) is 5.41 Å². The molecule has 0 radical (unpaired) electrons. The Labute approximate surface area is 108 Å². The average molecular weight is 242 g/mol. The van der Waals surface area contributed by atoms with Crippen molar-refractivity contribution in [3.8, 4) is 5.75 Å². The summed E-state index contributed by atoms with van der Waals surface area (Å²) in [6, 6.07) is 9.90. The highest BCUT2D eigenvalue weighted by atomic mass is 16.5. The molecule has 0 N–H and O–H groups in total. The molecule has 0 unspecified atom stereocenters. The molecule has 0 atom stereocenters. The molecule has 0 aliphatic carbocycles. The first-order valence-electron chi connectivity index (χ1n) is 6.05. The van der Waals surface area contributed by atoms with E-state index in [9.17, 15) is 0 Å². The van der Waals surface area contributed by atoms with Crippen LogP contribution in [0.4, 0.5) is 0 Å². The molecule has 0 aliphatic heterocycles. The fourth-order valence-corrected chi connectivity index (χ4v) is 1.76. The highest BCUT2D eigenvalue weighted by Crippen LogP contribution is 2.31. The first-order valence-corrected chi connectivity index (χ1v) is 6.05. The van der Waals surface area contributed by atoms with E-state index >= 15 is 0 Å². The van der Waals surface area contributed by atoms with Gasteiger partial charge in [-0.3, -0.25) is 0 Å². The smallest absolute Gasteiger partial charge is 0.166 e. The van der Waals surface area contributed by atoms with Crippen molar-refractivity contribution in [3.63, 3.8) is 0 Å². The monoisotopic (exact) mass is 242 g/mol. The summed E-state index contributed by atoms with van der Waals surface area (Å²) >= 11 is 0. The maximum absolute atomic E-state index is 5.82. The molecular weight excluding hydrogens is 224 g/mol. The fraction of sp³-hybridized carbons (Fsp3) is 0.333. The largest absolute Gasteiger partial charge is 0.485 e. The van der Waals surface area contributed by atoms with Crippen molar-refractivity contribution in [3.05, 3.63) is 54.1 Å². The molecule has 0 spiro atoms. The molecule has 1 aromatic heterocycles. The van der Waals surface area contributed by atoms with Crippen LogP contribution in [-0.4, -0.2) is 9.97 Å². The minimum atomic E-state index is 0.0636. The highest BCUT2D eigenvalue weighted by Gasteiger charge is 2.18. The summed E-state index contributed by atoms with van der Waals surface area (Å²) in [7, 11) is 0. The third kappa shape index (κ3) is 3.06. The SMILES string of the molecule is CC(C)(C)c1ccccc1OCc1ncccn1. The second-order valence-corrected chi connectivity index (χ2v) is 5.20. The van der Waals surface area contributed by atoms with Crippen LogP contribution in [0.15, 0.2) is 42.7 Å². The lowest BCUT2D eigenvalue weighted by atomic mass is 9.86. The number of hydrogen-bond acceptors (Lipinski definition) is 3. The van der Waals surface area contributed by atoms with Crippen LogP contribution in [0.1, 0.15) is 32.2 Å². The Bertz CT molecular complexity index is 503. The lowest BCUT2D eigenvalue weighted by Gasteiger charge is -2.22. The van der Waals surface area contributed by atoms with E-state index < -0.39 is 0 Å². The Balaban J connectivity index is 2.15. The molecule has 0 aliphatic rings. The van der Waals surface area contributed by atoms with Gasteiger partial charge in [0.05, 0.1) is 0 Å². The summed E-state index contributed by atoms with van der Waals surface area (Å²) in [6.07, 6.45) is 3.45. The van der Waals surface area contributed by atoms with Gasteiger partial charge in [0, 0.05) is 12.4 Å². The van der Waals surface area contributed by atoms with Gasteiger partial charge < -0.3 is 4.74 Å². The first kappa shape index (κ1) is 12.6. The van der Waals surface area contributed by atoms with Gasteiger partial charge in [0.2, 0.25) is 0 Å². The third-order valence-electron chi connectivity index (χ3n) is 2.67. The molecule has 3 heteroatoms. The molecule has 0 bridgehead atoms. The van der Waals surface area contributed by atoms with Crippen LogP contribution in [0, 0.1) is 0 Å². The zero-order valence-electron chi connectivity index (χ0n) is 11.1. The van der Waals surface area contributed by atoms with Gasteiger partial charge in [-0.1, -0.05) is 39.0 Å². The Morgan fingerprint density at radius 3 is 2.33 bits per heavy atom. The third-order valence-corrected chi connectivity index (χ3v) is 2.67. The number of para-hydroxylation sites is 1. The van der Waals surface area contributed by atoms with E-state index in [1.54, 1.807) is 18.5 Å². The lowest BCUT2D eigenvalue weighted by molar-refractivity contribution is 0.288. The first-order chi connectivity index (χ1) is 8.57. The molecule has 3 nitrogen and oxygen atoms in total. The predicted octanol–water partition coefficient (Wildman–Crippen LogP) is 3.35. The highest BCUT2D eigenvalue weighted by molar-refractivity contribution is 5.38. The van der Waals surface area contributed by atoms with Crippen molar-refractivity contribution in [2.75, 3.05) is 0 Å². The van der Waals surface area contributed by atoms with Crippen LogP contribution in [0.5, 0.6) is 5.75 Å². The Morgan fingerprint density at radius 1 is 1.00 bits per heavy atom. The molecule has 2 aromatic rings. The van der Waals surface area contributed by atoms with Crippen molar-refractivity contribution >= 4 is 0 Å². The van der Waals surface area contributed by atoms with Crippen LogP contribution in [0.2, 0.25) is 0 Å². The van der Waals surface area contributed by atoms with Crippen LogP contribution >= 0.6 is 0 Å². The fourth-order valence-electron chi connectivity index (χ4n) is 1.76. The lowest BCUT2D eigenvalue weighted by Crippen LogP contribution is -2.13. The zero-order valence-corrected chi connectivity index (χ0v) is 11.1. The Hall–Kier alpha value is -1.90. The second kappa shape index (κ2) is 5.17. The van der Waals surface area contributed by atoms with Gasteiger partial charge in [-0.2, -0.15) is 0 Å². The maximum atomic E-state index is 5.82. The Morgan fingerprint density at radius 2 is 1.67 bits per heavy atom.